The maximum atomic E-state index is 11.8. The van der Waals surface area contributed by atoms with E-state index in [1.165, 1.54) is 0 Å². The summed E-state index contributed by atoms with van der Waals surface area (Å²) in [6.45, 7) is 2.42. The van der Waals surface area contributed by atoms with Gasteiger partial charge in [-0.15, -0.1) is 0 Å². The van der Waals surface area contributed by atoms with Gasteiger partial charge >= 0.3 is 0 Å². The Bertz CT molecular complexity index is 577. The molecule has 1 aromatic carbocycles. The molecular weight excluding hydrogens is 250 g/mol. The Hall–Kier alpha value is -1.81. The van der Waals surface area contributed by atoms with Gasteiger partial charge in [-0.05, 0) is 24.1 Å². The zero-order valence-corrected chi connectivity index (χ0v) is 11.0. The summed E-state index contributed by atoms with van der Waals surface area (Å²) in [5.74, 6) is -0.129. The number of carbonyl (C=O) groups excluding carboxylic acids is 1. The lowest BCUT2D eigenvalue weighted by Gasteiger charge is -2.05. The van der Waals surface area contributed by atoms with E-state index in [4.69, 9.17) is 11.6 Å². The molecular formula is C13H14ClN3O. The van der Waals surface area contributed by atoms with E-state index in [1.54, 1.807) is 24.1 Å². The summed E-state index contributed by atoms with van der Waals surface area (Å²) >= 11 is 5.94. The molecule has 18 heavy (non-hydrogen) atoms. The van der Waals surface area contributed by atoms with Crippen LogP contribution in [0.5, 0.6) is 0 Å². The molecule has 94 valence electrons. The van der Waals surface area contributed by atoms with Crippen molar-refractivity contribution in [2.45, 2.75) is 13.5 Å². The molecule has 0 fully saturated rings. The van der Waals surface area contributed by atoms with Gasteiger partial charge in [0.25, 0.3) is 5.91 Å². The van der Waals surface area contributed by atoms with Crippen molar-refractivity contribution in [3.63, 3.8) is 0 Å². The summed E-state index contributed by atoms with van der Waals surface area (Å²) in [6.07, 6.45) is 3.23. The minimum atomic E-state index is -0.129. The zero-order valence-electron chi connectivity index (χ0n) is 10.3. The first-order chi connectivity index (χ1) is 8.56. The number of hydrogen-bond donors (Lipinski definition) is 1. The Kier molecular flexibility index (Phi) is 3.67. The van der Waals surface area contributed by atoms with Crippen molar-refractivity contribution in [3.05, 3.63) is 52.3 Å². The molecule has 1 amide bonds. The highest BCUT2D eigenvalue weighted by Gasteiger charge is 2.07. The molecule has 0 bridgehead atoms. The number of halogens is 1. The predicted octanol–water partition coefficient (Wildman–Crippen LogP) is 2.31. The average molecular weight is 264 g/mol. The maximum Gasteiger partial charge on any atom is 0.254 e. The molecule has 0 aliphatic rings. The van der Waals surface area contributed by atoms with Crippen LogP contribution >= 0.6 is 11.6 Å². The van der Waals surface area contributed by atoms with Crippen molar-refractivity contribution in [1.29, 1.82) is 0 Å². The molecule has 0 saturated carbocycles. The molecule has 2 rings (SSSR count). The molecule has 0 atom stereocenters. The van der Waals surface area contributed by atoms with Gasteiger partial charge in [0, 0.05) is 24.8 Å². The van der Waals surface area contributed by atoms with Crippen molar-refractivity contribution >= 4 is 17.5 Å². The summed E-state index contributed by atoms with van der Waals surface area (Å²) in [6, 6.07) is 5.70. The first-order valence-electron chi connectivity index (χ1n) is 5.58. The van der Waals surface area contributed by atoms with Crippen molar-refractivity contribution < 1.29 is 4.79 Å². The van der Waals surface area contributed by atoms with E-state index in [2.05, 4.69) is 10.4 Å². The van der Waals surface area contributed by atoms with E-state index < -0.39 is 0 Å². The number of amides is 1. The van der Waals surface area contributed by atoms with E-state index >= 15 is 0 Å². The van der Waals surface area contributed by atoms with E-state index in [-0.39, 0.29) is 5.91 Å². The second-order valence-corrected chi connectivity index (χ2v) is 4.58. The highest BCUT2D eigenvalue weighted by atomic mass is 35.5. The lowest BCUT2D eigenvalue weighted by Crippen LogP contribution is -2.22. The van der Waals surface area contributed by atoms with Crippen molar-refractivity contribution in [1.82, 2.24) is 15.1 Å². The fraction of sp³-hybridized carbons (Fsp3) is 0.231. The second kappa shape index (κ2) is 5.23. The number of benzene rings is 1. The Morgan fingerprint density at radius 3 is 2.89 bits per heavy atom. The van der Waals surface area contributed by atoms with Gasteiger partial charge in [-0.3, -0.25) is 9.48 Å². The van der Waals surface area contributed by atoms with Gasteiger partial charge in [0.15, 0.2) is 0 Å². The normalized spacial score (nSPS) is 10.4. The molecule has 2 aromatic rings. The fourth-order valence-corrected chi connectivity index (χ4v) is 1.76. The van der Waals surface area contributed by atoms with Gasteiger partial charge in [0.1, 0.15) is 0 Å². The molecule has 1 aromatic heterocycles. The predicted molar refractivity (Wildman–Crippen MR) is 70.6 cm³/mol. The fourth-order valence-electron chi connectivity index (χ4n) is 1.64. The lowest BCUT2D eigenvalue weighted by molar-refractivity contribution is 0.0951. The molecule has 1 heterocycles. The van der Waals surface area contributed by atoms with E-state index in [0.717, 1.165) is 16.1 Å². The molecule has 4 nitrogen and oxygen atoms in total. The van der Waals surface area contributed by atoms with Crippen LogP contribution in [0.2, 0.25) is 5.02 Å². The topological polar surface area (TPSA) is 46.9 Å². The molecule has 1 N–H and O–H groups in total. The minimum absolute atomic E-state index is 0.129. The molecule has 0 unspecified atom stereocenters. The third kappa shape index (κ3) is 2.90. The number of carbonyl (C=O) groups is 1. The highest BCUT2D eigenvalue weighted by molar-refractivity contribution is 6.31. The Morgan fingerprint density at radius 1 is 1.50 bits per heavy atom. The molecule has 0 saturated heterocycles. The van der Waals surface area contributed by atoms with Crippen LogP contribution in [0.25, 0.3) is 0 Å². The summed E-state index contributed by atoms with van der Waals surface area (Å²) in [4.78, 5) is 11.8. The zero-order chi connectivity index (χ0) is 13.1. The summed E-state index contributed by atoms with van der Waals surface area (Å²) in [7, 11) is 1.78. The highest BCUT2D eigenvalue weighted by Crippen LogP contribution is 2.16. The summed E-state index contributed by atoms with van der Waals surface area (Å²) in [5.41, 5.74) is 2.59. The third-order valence-corrected chi connectivity index (χ3v) is 3.07. The first kappa shape index (κ1) is 12.6. The van der Waals surface area contributed by atoms with Gasteiger partial charge < -0.3 is 5.32 Å². The van der Waals surface area contributed by atoms with Crippen LogP contribution in [-0.4, -0.2) is 15.7 Å². The van der Waals surface area contributed by atoms with Gasteiger partial charge in [0.2, 0.25) is 0 Å². The SMILES string of the molecule is Cc1cc(CNC(=O)c2cnn(C)c2)ccc1Cl. The summed E-state index contributed by atoms with van der Waals surface area (Å²) in [5, 5.41) is 7.53. The Morgan fingerprint density at radius 2 is 2.28 bits per heavy atom. The van der Waals surface area contributed by atoms with Crippen molar-refractivity contribution in [2.75, 3.05) is 0 Å². The first-order valence-corrected chi connectivity index (χ1v) is 5.96. The monoisotopic (exact) mass is 263 g/mol. The van der Waals surface area contributed by atoms with Crippen LogP contribution in [0.15, 0.2) is 30.6 Å². The third-order valence-electron chi connectivity index (χ3n) is 2.64. The van der Waals surface area contributed by atoms with Crippen molar-refractivity contribution in [3.8, 4) is 0 Å². The van der Waals surface area contributed by atoms with Crippen LogP contribution in [0.1, 0.15) is 21.5 Å². The Balaban J connectivity index is 1.99. The van der Waals surface area contributed by atoms with Crippen LogP contribution in [-0.2, 0) is 13.6 Å². The molecule has 0 aliphatic heterocycles. The molecule has 5 heteroatoms. The largest absolute Gasteiger partial charge is 0.348 e. The van der Waals surface area contributed by atoms with Crippen LogP contribution < -0.4 is 5.32 Å². The van der Waals surface area contributed by atoms with Gasteiger partial charge in [-0.25, -0.2) is 0 Å². The number of nitrogens with one attached hydrogen (secondary N) is 1. The van der Waals surface area contributed by atoms with Crippen molar-refractivity contribution in [2.24, 2.45) is 7.05 Å². The number of aromatic nitrogens is 2. The molecule has 0 spiro atoms. The molecule has 0 aliphatic carbocycles. The van der Waals surface area contributed by atoms with E-state index in [9.17, 15) is 4.79 Å². The van der Waals surface area contributed by atoms with E-state index in [0.29, 0.717) is 12.1 Å². The maximum absolute atomic E-state index is 11.8. The smallest absolute Gasteiger partial charge is 0.254 e. The Labute approximate surface area is 111 Å². The quantitative estimate of drug-likeness (QED) is 0.924. The summed E-state index contributed by atoms with van der Waals surface area (Å²) < 4.78 is 1.60. The minimum Gasteiger partial charge on any atom is -0.348 e. The average Bonchev–Trinajstić information content (AvgIpc) is 2.77. The van der Waals surface area contributed by atoms with Crippen LogP contribution in [0, 0.1) is 6.92 Å². The lowest BCUT2D eigenvalue weighted by atomic mass is 10.1. The number of aryl methyl sites for hydroxylation is 2. The second-order valence-electron chi connectivity index (χ2n) is 4.17. The van der Waals surface area contributed by atoms with Crippen LogP contribution in [0.3, 0.4) is 0 Å². The standard InChI is InChI=1S/C13H14ClN3O/c1-9-5-10(3-4-12(9)14)6-15-13(18)11-7-16-17(2)8-11/h3-5,7-8H,6H2,1-2H3,(H,15,18). The number of hydrogen-bond acceptors (Lipinski definition) is 2. The number of rotatable bonds is 3. The van der Waals surface area contributed by atoms with Gasteiger partial charge in [-0.1, -0.05) is 23.7 Å². The molecule has 0 radical (unpaired) electrons. The van der Waals surface area contributed by atoms with Gasteiger partial charge in [0.05, 0.1) is 11.8 Å². The van der Waals surface area contributed by atoms with E-state index in [1.807, 2.05) is 25.1 Å². The van der Waals surface area contributed by atoms with Crippen LogP contribution in [0.4, 0.5) is 0 Å². The number of nitrogens with zero attached hydrogens (tertiary/aromatic N) is 2. The van der Waals surface area contributed by atoms with Gasteiger partial charge in [-0.2, -0.15) is 5.10 Å².